The van der Waals surface area contributed by atoms with Crippen LogP contribution in [0.15, 0.2) is 60.9 Å². The van der Waals surface area contributed by atoms with Crippen LogP contribution in [0.3, 0.4) is 0 Å². The van der Waals surface area contributed by atoms with Gasteiger partial charge in [0.1, 0.15) is 11.4 Å². The number of nitrogens with zero attached hydrogens (tertiary/aromatic N) is 5. The Morgan fingerprint density at radius 1 is 1.06 bits per heavy atom. The molecule has 0 aliphatic carbocycles. The molecular formula is C27H30N6O3. The molecule has 0 radical (unpaired) electrons. The normalized spacial score (nSPS) is 16.6. The van der Waals surface area contributed by atoms with Crippen molar-refractivity contribution in [2.45, 2.75) is 19.1 Å². The summed E-state index contributed by atoms with van der Waals surface area (Å²) in [6.45, 7) is 6.90. The minimum atomic E-state index is -0.746. The van der Waals surface area contributed by atoms with Crippen LogP contribution in [0.2, 0.25) is 0 Å². The molecule has 1 aromatic carbocycles. The lowest BCUT2D eigenvalue weighted by Crippen LogP contribution is -2.52. The predicted molar refractivity (Wildman–Crippen MR) is 137 cm³/mol. The summed E-state index contributed by atoms with van der Waals surface area (Å²) in [5.74, 6) is 1.24. The Morgan fingerprint density at radius 2 is 1.89 bits per heavy atom. The van der Waals surface area contributed by atoms with E-state index in [1.165, 1.54) is 0 Å². The first-order valence-electron chi connectivity index (χ1n) is 12.0. The lowest BCUT2D eigenvalue weighted by molar-refractivity contribution is -0.128. The van der Waals surface area contributed by atoms with Crippen LogP contribution in [0.25, 0.3) is 22.2 Å². The van der Waals surface area contributed by atoms with Crippen molar-refractivity contribution in [3.05, 3.63) is 66.6 Å². The molecule has 1 fully saturated rings. The maximum absolute atomic E-state index is 11.3. The molecule has 1 aliphatic heterocycles. The Morgan fingerprint density at radius 3 is 2.58 bits per heavy atom. The van der Waals surface area contributed by atoms with E-state index in [1.807, 2.05) is 43.3 Å². The first kappa shape index (κ1) is 24.1. The summed E-state index contributed by atoms with van der Waals surface area (Å²) in [7, 11) is 1.59. The van der Waals surface area contributed by atoms with Crippen molar-refractivity contribution in [1.29, 1.82) is 0 Å². The van der Waals surface area contributed by atoms with Crippen LogP contribution in [-0.2, 0) is 16.1 Å². The first-order valence-corrected chi connectivity index (χ1v) is 12.0. The Labute approximate surface area is 210 Å². The van der Waals surface area contributed by atoms with E-state index in [0.717, 1.165) is 66.9 Å². The zero-order valence-corrected chi connectivity index (χ0v) is 20.6. The average Bonchev–Trinajstić information content (AvgIpc) is 3.45. The van der Waals surface area contributed by atoms with Gasteiger partial charge in [0.2, 0.25) is 5.88 Å². The van der Waals surface area contributed by atoms with Crippen molar-refractivity contribution in [1.82, 2.24) is 30.0 Å². The monoisotopic (exact) mass is 486 g/mol. The molecule has 4 aromatic rings. The molecule has 0 spiro atoms. The summed E-state index contributed by atoms with van der Waals surface area (Å²) < 4.78 is 11.3. The number of H-pyrrole nitrogens is 1. The number of aromatic amines is 1. The van der Waals surface area contributed by atoms with E-state index in [-0.39, 0.29) is 0 Å². The lowest BCUT2D eigenvalue weighted by Gasteiger charge is -2.37. The molecule has 1 saturated heterocycles. The van der Waals surface area contributed by atoms with E-state index in [9.17, 15) is 4.79 Å². The van der Waals surface area contributed by atoms with Gasteiger partial charge in [-0.1, -0.05) is 6.07 Å². The largest absolute Gasteiger partial charge is 0.439 e. The molecule has 36 heavy (non-hydrogen) atoms. The smallest absolute Gasteiger partial charge is 0.219 e. The van der Waals surface area contributed by atoms with Gasteiger partial charge in [-0.3, -0.25) is 19.9 Å². The second-order valence-electron chi connectivity index (χ2n) is 9.30. The summed E-state index contributed by atoms with van der Waals surface area (Å²) in [5, 5.41) is 7.91. The van der Waals surface area contributed by atoms with Gasteiger partial charge in [-0.15, -0.1) is 0 Å². The standard InChI is InChI=1S/C27H30N6O3/c1-27(19-34,35-2)18-33-13-11-32(12-14-33)17-22-5-3-20-15-23(6-7-24(20)30-22)36-26-8-4-21(16-28-26)25-9-10-29-31-25/h3-10,15-16,19H,11-14,17-18H2,1-2H3,(H,29,31). The number of hydrogen-bond donors (Lipinski definition) is 1. The van der Waals surface area contributed by atoms with Gasteiger partial charge in [0.25, 0.3) is 0 Å². The van der Waals surface area contributed by atoms with E-state index < -0.39 is 5.60 Å². The van der Waals surface area contributed by atoms with Gasteiger partial charge in [-0.25, -0.2) is 4.98 Å². The number of rotatable bonds is 9. The Kier molecular flexibility index (Phi) is 7.04. The second-order valence-corrected chi connectivity index (χ2v) is 9.30. The molecule has 0 amide bonds. The molecule has 186 valence electrons. The fraction of sp³-hybridized carbons (Fsp3) is 0.333. The van der Waals surface area contributed by atoms with Gasteiger partial charge in [-0.05, 0) is 43.3 Å². The molecule has 1 N–H and O–H groups in total. The van der Waals surface area contributed by atoms with Crippen LogP contribution in [0, 0.1) is 0 Å². The molecule has 1 atom stereocenters. The third-order valence-corrected chi connectivity index (χ3v) is 6.59. The van der Waals surface area contributed by atoms with Crippen molar-refractivity contribution >= 4 is 17.2 Å². The quantitative estimate of drug-likeness (QED) is 0.359. The summed E-state index contributed by atoms with van der Waals surface area (Å²) in [4.78, 5) is 25.3. The minimum absolute atomic E-state index is 0.528. The number of benzene rings is 1. The van der Waals surface area contributed by atoms with E-state index >= 15 is 0 Å². The Hall–Kier alpha value is -3.66. The zero-order valence-electron chi connectivity index (χ0n) is 20.6. The second kappa shape index (κ2) is 10.5. The van der Waals surface area contributed by atoms with Crippen molar-refractivity contribution in [3.63, 3.8) is 0 Å². The summed E-state index contributed by atoms with van der Waals surface area (Å²) in [5.41, 5.74) is 3.09. The molecule has 9 heteroatoms. The molecule has 1 unspecified atom stereocenters. The summed E-state index contributed by atoms with van der Waals surface area (Å²) >= 11 is 0. The molecule has 9 nitrogen and oxygen atoms in total. The number of carbonyl (C=O) groups is 1. The van der Waals surface area contributed by atoms with Crippen LogP contribution in [0.1, 0.15) is 12.6 Å². The predicted octanol–water partition coefficient (Wildman–Crippen LogP) is 3.53. The number of methoxy groups -OCH3 is 1. The van der Waals surface area contributed by atoms with Crippen molar-refractivity contribution in [2.75, 3.05) is 39.8 Å². The van der Waals surface area contributed by atoms with E-state index in [4.69, 9.17) is 14.5 Å². The number of aldehydes is 1. The Balaban J connectivity index is 1.18. The van der Waals surface area contributed by atoms with E-state index in [0.29, 0.717) is 18.2 Å². The first-order chi connectivity index (χ1) is 17.5. The molecule has 4 heterocycles. The highest BCUT2D eigenvalue weighted by Gasteiger charge is 2.28. The van der Waals surface area contributed by atoms with E-state index in [1.54, 1.807) is 19.5 Å². The molecular weight excluding hydrogens is 456 g/mol. The van der Waals surface area contributed by atoms with Gasteiger partial charge in [0, 0.05) is 75.8 Å². The van der Waals surface area contributed by atoms with Gasteiger partial charge in [-0.2, -0.15) is 5.10 Å². The SMILES string of the molecule is COC(C)(C=O)CN1CCN(Cc2ccc3cc(Oc4ccc(-c5ccn[nH]5)cn4)ccc3n2)CC1. The number of carbonyl (C=O) groups excluding carboxylic acids is 1. The highest BCUT2D eigenvalue weighted by atomic mass is 16.5. The number of piperazine rings is 1. The van der Waals surface area contributed by atoms with Gasteiger partial charge in [0.15, 0.2) is 6.29 Å². The summed E-state index contributed by atoms with van der Waals surface area (Å²) in [6, 6.07) is 15.7. The minimum Gasteiger partial charge on any atom is -0.439 e. The third-order valence-electron chi connectivity index (χ3n) is 6.59. The highest BCUT2D eigenvalue weighted by molar-refractivity contribution is 5.80. The number of nitrogens with one attached hydrogen (secondary N) is 1. The van der Waals surface area contributed by atoms with Crippen molar-refractivity contribution < 1.29 is 14.3 Å². The van der Waals surface area contributed by atoms with Gasteiger partial charge in [0.05, 0.1) is 16.9 Å². The molecule has 1 aliphatic rings. The van der Waals surface area contributed by atoms with Crippen molar-refractivity contribution in [3.8, 4) is 22.9 Å². The van der Waals surface area contributed by atoms with Crippen LogP contribution < -0.4 is 4.74 Å². The average molecular weight is 487 g/mol. The van der Waals surface area contributed by atoms with Crippen LogP contribution in [0.4, 0.5) is 0 Å². The number of fused-ring (bicyclic) bond motifs is 1. The maximum atomic E-state index is 11.3. The highest BCUT2D eigenvalue weighted by Crippen LogP contribution is 2.26. The number of hydrogen-bond acceptors (Lipinski definition) is 8. The van der Waals surface area contributed by atoms with E-state index in [2.05, 4.69) is 37.1 Å². The molecule has 5 rings (SSSR count). The van der Waals surface area contributed by atoms with Gasteiger partial charge >= 0.3 is 0 Å². The van der Waals surface area contributed by atoms with Crippen LogP contribution >= 0.6 is 0 Å². The summed E-state index contributed by atoms with van der Waals surface area (Å²) in [6.07, 6.45) is 4.36. The number of aromatic nitrogens is 4. The lowest BCUT2D eigenvalue weighted by atomic mass is 10.1. The molecule has 3 aromatic heterocycles. The van der Waals surface area contributed by atoms with Crippen LogP contribution in [0.5, 0.6) is 11.6 Å². The van der Waals surface area contributed by atoms with Crippen molar-refractivity contribution in [2.24, 2.45) is 0 Å². The number of pyridine rings is 2. The third kappa shape index (κ3) is 5.59. The zero-order chi connectivity index (χ0) is 25.0. The maximum Gasteiger partial charge on any atom is 0.219 e. The van der Waals surface area contributed by atoms with Crippen LogP contribution in [-0.4, -0.2) is 81.7 Å². The molecule has 0 saturated carbocycles. The number of ether oxygens (including phenoxy) is 2. The Bertz CT molecular complexity index is 1300. The topological polar surface area (TPSA) is 96.5 Å². The van der Waals surface area contributed by atoms with Gasteiger partial charge < -0.3 is 14.3 Å². The fourth-order valence-corrected chi connectivity index (χ4v) is 4.36. The molecule has 0 bridgehead atoms. The fourth-order valence-electron chi connectivity index (χ4n) is 4.36.